The molecule has 1 aliphatic heterocycles. The molecule has 1 saturated carbocycles. The van der Waals surface area contributed by atoms with Gasteiger partial charge < -0.3 is 10.2 Å². The maximum absolute atomic E-state index is 12.0. The minimum absolute atomic E-state index is 0.139. The van der Waals surface area contributed by atoms with E-state index in [1.54, 1.807) is 0 Å². The van der Waals surface area contributed by atoms with Crippen LogP contribution in [0.5, 0.6) is 0 Å². The van der Waals surface area contributed by atoms with Crippen molar-refractivity contribution in [1.29, 1.82) is 0 Å². The molecule has 1 amide bonds. The molecule has 1 aliphatic carbocycles. The number of carbonyl (C=O) groups excluding carboxylic acids is 1. The van der Waals surface area contributed by atoms with Crippen molar-refractivity contribution in [3.63, 3.8) is 0 Å². The lowest BCUT2D eigenvalue weighted by molar-refractivity contribution is -0.122. The first-order chi connectivity index (χ1) is 10.7. The van der Waals surface area contributed by atoms with Crippen LogP contribution < -0.4 is 10.2 Å². The van der Waals surface area contributed by atoms with E-state index in [-0.39, 0.29) is 5.91 Å². The van der Waals surface area contributed by atoms with E-state index >= 15 is 0 Å². The van der Waals surface area contributed by atoms with Crippen LogP contribution in [-0.4, -0.2) is 29.0 Å². The molecule has 1 aromatic rings. The van der Waals surface area contributed by atoms with Gasteiger partial charge in [-0.25, -0.2) is 9.97 Å². The highest BCUT2D eigenvalue weighted by Gasteiger charge is 2.19. The van der Waals surface area contributed by atoms with Gasteiger partial charge in [-0.2, -0.15) is 0 Å². The highest BCUT2D eigenvalue weighted by Crippen LogP contribution is 2.27. The van der Waals surface area contributed by atoms with Gasteiger partial charge in [0.25, 0.3) is 0 Å². The van der Waals surface area contributed by atoms with Gasteiger partial charge in [-0.1, -0.05) is 12.8 Å². The normalized spacial score (nSPS) is 18.9. The lowest BCUT2D eigenvalue weighted by Gasteiger charge is -2.17. The van der Waals surface area contributed by atoms with Crippen molar-refractivity contribution >= 4 is 11.7 Å². The van der Waals surface area contributed by atoms with E-state index in [2.05, 4.69) is 20.2 Å². The largest absolute Gasteiger partial charge is 0.357 e. The zero-order valence-corrected chi connectivity index (χ0v) is 13.5. The Labute approximate surface area is 132 Å². The quantitative estimate of drug-likeness (QED) is 0.908. The summed E-state index contributed by atoms with van der Waals surface area (Å²) in [7, 11) is 0. The van der Waals surface area contributed by atoms with Crippen molar-refractivity contribution in [2.45, 2.75) is 58.4 Å². The van der Waals surface area contributed by atoms with Gasteiger partial charge in [-0.15, -0.1) is 0 Å². The van der Waals surface area contributed by atoms with Gasteiger partial charge >= 0.3 is 0 Å². The number of aromatic nitrogens is 2. The topological polar surface area (TPSA) is 58.1 Å². The summed E-state index contributed by atoms with van der Waals surface area (Å²) in [5, 5.41) is 2.99. The molecule has 0 bridgehead atoms. The molecule has 2 heterocycles. The van der Waals surface area contributed by atoms with Gasteiger partial charge in [-0.3, -0.25) is 4.79 Å². The summed E-state index contributed by atoms with van der Waals surface area (Å²) in [5.41, 5.74) is 0.969. The van der Waals surface area contributed by atoms with Crippen LogP contribution in [0.15, 0.2) is 6.07 Å². The van der Waals surface area contributed by atoms with Crippen molar-refractivity contribution in [2.75, 3.05) is 18.0 Å². The molecule has 0 radical (unpaired) electrons. The van der Waals surface area contributed by atoms with E-state index in [4.69, 9.17) is 0 Å². The monoisotopic (exact) mass is 302 g/mol. The molecule has 22 heavy (non-hydrogen) atoms. The Morgan fingerprint density at radius 1 is 1.23 bits per heavy atom. The van der Waals surface area contributed by atoms with Gasteiger partial charge in [0.05, 0.1) is 6.54 Å². The lowest BCUT2D eigenvalue weighted by Crippen LogP contribution is -2.26. The summed E-state index contributed by atoms with van der Waals surface area (Å²) < 4.78 is 0. The average Bonchev–Trinajstić information content (AvgIpc) is 3.18. The predicted molar refractivity (Wildman–Crippen MR) is 86.6 cm³/mol. The van der Waals surface area contributed by atoms with Crippen molar-refractivity contribution in [1.82, 2.24) is 15.3 Å². The van der Waals surface area contributed by atoms with E-state index in [1.165, 1.54) is 38.5 Å². The van der Waals surface area contributed by atoms with Gasteiger partial charge in [0, 0.05) is 31.3 Å². The summed E-state index contributed by atoms with van der Waals surface area (Å²) in [6, 6.07) is 2.04. The predicted octanol–water partition coefficient (Wildman–Crippen LogP) is 2.58. The summed E-state index contributed by atoms with van der Waals surface area (Å²) >= 11 is 0. The van der Waals surface area contributed by atoms with E-state index in [1.807, 2.05) is 13.0 Å². The van der Waals surface area contributed by atoms with Crippen molar-refractivity contribution in [2.24, 2.45) is 5.92 Å². The van der Waals surface area contributed by atoms with Crippen LogP contribution in [0, 0.1) is 12.8 Å². The minimum atomic E-state index is 0.139. The number of carbonyl (C=O) groups is 1. The first-order valence-corrected chi connectivity index (χ1v) is 8.57. The Morgan fingerprint density at radius 3 is 2.68 bits per heavy atom. The second-order valence-corrected chi connectivity index (χ2v) is 6.61. The number of nitrogens with zero attached hydrogens (tertiary/aromatic N) is 3. The maximum Gasteiger partial charge on any atom is 0.220 e. The molecule has 2 aliphatic rings. The number of rotatable bonds is 5. The fourth-order valence-electron chi connectivity index (χ4n) is 3.53. The summed E-state index contributed by atoms with van der Waals surface area (Å²) in [6.45, 7) is 4.58. The van der Waals surface area contributed by atoms with Gasteiger partial charge in [0.2, 0.25) is 5.91 Å². The van der Waals surface area contributed by atoms with Crippen molar-refractivity contribution in [3.8, 4) is 0 Å². The zero-order chi connectivity index (χ0) is 15.4. The Balaban J connectivity index is 1.56. The molecule has 1 aromatic heterocycles. The molecule has 0 spiro atoms. The van der Waals surface area contributed by atoms with Crippen LogP contribution in [0.4, 0.5) is 5.82 Å². The SMILES string of the molecule is Cc1cc(N2CCCC2)nc(CNC(=O)CC2CCCC2)n1. The molecule has 0 atom stereocenters. The van der Waals surface area contributed by atoms with Crippen LogP contribution >= 0.6 is 0 Å². The number of aryl methyl sites for hydroxylation is 1. The molecular formula is C17H26N4O. The number of hydrogen-bond acceptors (Lipinski definition) is 4. The maximum atomic E-state index is 12.0. The molecule has 120 valence electrons. The lowest BCUT2D eigenvalue weighted by atomic mass is 10.0. The van der Waals surface area contributed by atoms with Crippen LogP contribution in [0.25, 0.3) is 0 Å². The Bertz CT molecular complexity index is 519. The highest BCUT2D eigenvalue weighted by molar-refractivity contribution is 5.76. The molecule has 1 saturated heterocycles. The summed E-state index contributed by atoms with van der Waals surface area (Å²) in [6.07, 6.45) is 8.08. The first-order valence-electron chi connectivity index (χ1n) is 8.57. The van der Waals surface area contributed by atoms with Crippen molar-refractivity contribution in [3.05, 3.63) is 17.6 Å². The zero-order valence-electron chi connectivity index (χ0n) is 13.5. The molecule has 0 unspecified atom stereocenters. The van der Waals surface area contributed by atoms with E-state index < -0.39 is 0 Å². The molecule has 3 rings (SSSR count). The molecule has 2 fully saturated rings. The standard InChI is InChI=1S/C17H26N4O/c1-13-10-16(21-8-4-5-9-21)20-15(19-13)12-18-17(22)11-14-6-2-3-7-14/h10,14H,2-9,11-12H2,1H3,(H,18,22). The number of hydrogen-bond donors (Lipinski definition) is 1. The first kappa shape index (κ1) is 15.3. The number of nitrogens with one attached hydrogen (secondary N) is 1. The van der Waals surface area contributed by atoms with Crippen LogP contribution in [0.3, 0.4) is 0 Å². The third kappa shape index (κ3) is 3.96. The fourth-order valence-corrected chi connectivity index (χ4v) is 3.53. The van der Waals surface area contributed by atoms with Crippen LogP contribution in [0.2, 0.25) is 0 Å². The Morgan fingerprint density at radius 2 is 1.95 bits per heavy atom. The third-order valence-corrected chi connectivity index (χ3v) is 4.71. The molecule has 0 aromatic carbocycles. The minimum Gasteiger partial charge on any atom is -0.357 e. The van der Waals surface area contributed by atoms with E-state index in [0.29, 0.717) is 18.9 Å². The van der Waals surface area contributed by atoms with E-state index in [0.717, 1.165) is 30.4 Å². The highest BCUT2D eigenvalue weighted by atomic mass is 16.1. The summed E-state index contributed by atoms with van der Waals surface area (Å²) in [5.74, 6) is 2.45. The van der Waals surface area contributed by atoms with Crippen LogP contribution in [-0.2, 0) is 11.3 Å². The van der Waals surface area contributed by atoms with Gasteiger partial charge in [0.1, 0.15) is 11.6 Å². The molecule has 5 nitrogen and oxygen atoms in total. The Hall–Kier alpha value is -1.65. The van der Waals surface area contributed by atoms with E-state index in [9.17, 15) is 4.79 Å². The second kappa shape index (κ2) is 7.07. The summed E-state index contributed by atoms with van der Waals surface area (Å²) in [4.78, 5) is 23.4. The third-order valence-electron chi connectivity index (χ3n) is 4.71. The molecule has 5 heteroatoms. The van der Waals surface area contributed by atoms with Gasteiger partial charge in [-0.05, 0) is 38.5 Å². The molecular weight excluding hydrogens is 276 g/mol. The average molecular weight is 302 g/mol. The molecule has 1 N–H and O–H groups in total. The van der Waals surface area contributed by atoms with Crippen LogP contribution in [0.1, 0.15) is 56.5 Å². The Kier molecular flexibility index (Phi) is 4.90. The van der Waals surface area contributed by atoms with Gasteiger partial charge in [0.15, 0.2) is 0 Å². The van der Waals surface area contributed by atoms with Crippen molar-refractivity contribution < 1.29 is 4.79 Å². The number of amides is 1. The smallest absolute Gasteiger partial charge is 0.220 e. The second-order valence-electron chi connectivity index (χ2n) is 6.61. The number of anilines is 1. The fraction of sp³-hybridized carbons (Fsp3) is 0.706.